The Labute approximate surface area is 99.2 Å². The van der Waals surface area contributed by atoms with Crippen molar-refractivity contribution in [3.63, 3.8) is 0 Å². The van der Waals surface area contributed by atoms with Crippen molar-refractivity contribution in [1.82, 2.24) is 20.4 Å². The van der Waals surface area contributed by atoms with Crippen molar-refractivity contribution >= 4 is 23.0 Å². The van der Waals surface area contributed by atoms with E-state index in [0.717, 1.165) is 5.69 Å². The molecule has 1 rings (SSSR count). The van der Waals surface area contributed by atoms with Crippen molar-refractivity contribution in [2.75, 3.05) is 0 Å². The highest BCUT2D eigenvalue weighted by Crippen LogP contribution is 2.04. The molecule has 0 amide bonds. The molecule has 0 saturated carbocycles. The molecule has 16 heavy (non-hydrogen) atoms. The normalized spacial score (nSPS) is 11.2. The molecular formula is C9H14N6S. The SMILES string of the molecule is C=CCn1nnc(C(C)=NNC(N)=S)c1C. The first-order valence-electron chi connectivity index (χ1n) is 4.67. The first-order valence-corrected chi connectivity index (χ1v) is 5.08. The number of hydrogen-bond donors (Lipinski definition) is 2. The van der Waals surface area contributed by atoms with Crippen LogP contribution in [-0.4, -0.2) is 25.8 Å². The highest BCUT2D eigenvalue weighted by molar-refractivity contribution is 7.80. The fourth-order valence-electron chi connectivity index (χ4n) is 1.18. The van der Waals surface area contributed by atoms with E-state index in [-0.39, 0.29) is 5.11 Å². The van der Waals surface area contributed by atoms with E-state index in [4.69, 9.17) is 5.73 Å². The third-order valence-electron chi connectivity index (χ3n) is 1.96. The molecule has 1 heterocycles. The van der Waals surface area contributed by atoms with Crippen molar-refractivity contribution in [2.45, 2.75) is 20.4 Å². The average Bonchev–Trinajstić information content (AvgIpc) is 2.58. The lowest BCUT2D eigenvalue weighted by atomic mass is 10.2. The summed E-state index contributed by atoms with van der Waals surface area (Å²) >= 11 is 4.65. The summed E-state index contributed by atoms with van der Waals surface area (Å²) < 4.78 is 1.74. The van der Waals surface area contributed by atoms with Crippen LogP contribution in [0.5, 0.6) is 0 Å². The average molecular weight is 238 g/mol. The van der Waals surface area contributed by atoms with E-state index in [0.29, 0.717) is 18.0 Å². The molecule has 6 nitrogen and oxygen atoms in total. The van der Waals surface area contributed by atoms with Gasteiger partial charge >= 0.3 is 0 Å². The van der Waals surface area contributed by atoms with Gasteiger partial charge in [-0.1, -0.05) is 11.3 Å². The zero-order valence-electron chi connectivity index (χ0n) is 9.27. The second kappa shape index (κ2) is 5.36. The van der Waals surface area contributed by atoms with Gasteiger partial charge in [-0.3, -0.25) is 5.43 Å². The summed E-state index contributed by atoms with van der Waals surface area (Å²) in [6, 6.07) is 0. The molecule has 0 unspecified atom stereocenters. The van der Waals surface area contributed by atoms with Crippen LogP contribution in [0.15, 0.2) is 17.8 Å². The summed E-state index contributed by atoms with van der Waals surface area (Å²) in [5.74, 6) is 0. The third-order valence-corrected chi connectivity index (χ3v) is 2.05. The van der Waals surface area contributed by atoms with Crippen molar-refractivity contribution in [1.29, 1.82) is 0 Å². The van der Waals surface area contributed by atoms with E-state index < -0.39 is 0 Å². The minimum Gasteiger partial charge on any atom is -0.375 e. The summed E-state index contributed by atoms with van der Waals surface area (Å²) in [5.41, 5.74) is 10.1. The Hall–Kier alpha value is -1.76. The van der Waals surface area contributed by atoms with Crippen LogP contribution in [0.4, 0.5) is 0 Å². The first kappa shape index (κ1) is 12.3. The van der Waals surface area contributed by atoms with Crippen LogP contribution in [0.3, 0.4) is 0 Å². The van der Waals surface area contributed by atoms with Crippen molar-refractivity contribution in [3.05, 3.63) is 24.0 Å². The van der Waals surface area contributed by atoms with E-state index in [1.807, 2.05) is 6.92 Å². The van der Waals surface area contributed by atoms with E-state index in [9.17, 15) is 0 Å². The van der Waals surface area contributed by atoms with Gasteiger partial charge < -0.3 is 5.73 Å². The molecule has 0 radical (unpaired) electrons. The highest BCUT2D eigenvalue weighted by Gasteiger charge is 2.10. The van der Waals surface area contributed by atoms with E-state index in [2.05, 4.69) is 39.6 Å². The lowest BCUT2D eigenvalue weighted by molar-refractivity contribution is 0.645. The number of nitrogens with one attached hydrogen (secondary N) is 1. The number of nitrogens with two attached hydrogens (primary N) is 1. The quantitative estimate of drug-likeness (QED) is 0.342. The highest BCUT2D eigenvalue weighted by atomic mass is 32.1. The summed E-state index contributed by atoms with van der Waals surface area (Å²) in [5, 5.41) is 12.1. The summed E-state index contributed by atoms with van der Waals surface area (Å²) in [6.07, 6.45) is 1.76. The maximum absolute atomic E-state index is 5.27. The minimum absolute atomic E-state index is 0.121. The van der Waals surface area contributed by atoms with Crippen LogP contribution in [0.1, 0.15) is 18.3 Å². The molecule has 0 saturated heterocycles. The summed E-state index contributed by atoms with van der Waals surface area (Å²) in [7, 11) is 0. The number of hydrogen-bond acceptors (Lipinski definition) is 4. The van der Waals surface area contributed by atoms with Gasteiger partial charge in [0.2, 0.25) is 0 Å². The van der Waals surface area contributed by atoms with E-state index >= 15 is 0 Å². The lowest BCUT2D eigenvalue weighted by Crippen LogP contribution is -2.25. The zero-order valence-corrected chi connectivity index (χ0v) is 10.1. The molecule has 1 aromatic rings. The van der Waals surface area contributed by atoms with Gasteiger partial charge in [-0.05, 0) is 26.1 Å². The Kier molecular flexibility index (Phi) is 4.12. The maximum atomic E-state index is 5.27. The minimum atomic E-state index is 0.121. The molecule has 3 N–H and O–H groups in total. The Balaban J connectivity index is 2.91. The molecular weight excluding hydrogens is 224 g/mol. The number of allylic oxidation sites excluding steroid dienone is 1. The van der Waals surface area contributed by atoms with Crippen molar-refractivity contribution < 1.29 is 0 Å². The van der Waals surface area contributed by atoms with Gasteiger partial charge in [0, 0.05) is 0 Å². The monoisotopic (exact) mass is 238 g/mol. The molecule has 0 aliphatic rings. The molecule has 0 aliphatic carbocycles. The molecule has 0 aromatic carbocycles. The maximum Gasteiger partial charge on any atom is 0.184 e. The van der Waals surface area contributed by atoms with Crippen LogP contribution in [0.25, 0.3) is 0 Å². The van der Waals surface area contributed by atoms with Gasteiger partial charge in [-0.25, -0.2) is 4.68 Å². The molecule has 86 valence electrons. The summed E-state index contributed by atoms with van der Waals surface area (Å²) in [6.45, 7) is 7.99. The molecule has 0 spiro atoms. The Morgan fingerprint density at radius 1 is 1.75 bits per heavy atom. The topological polar surface area (TPSA) is 81.1 Å². The number of nitrogens with zero attached hydrogens (tertiary/aromatic N) is 4. The number of rotatable bonds is 4. The largest absolute Gasteiger partial charge is 0.375 e. The van der Waals surface area contributed by atoms with Crippen LogP contribution in [0.2, 0.25) is 0 Å². The van der Waals surface area contributed by atoms with E-state index in [1.54, 1.807) is 17.7 Å². The van der Waals surface area contributed by atoms with Gasteiger partial charge in [0.1, 0.15) is 5.69 Å². The van der Waals surface area contributed by atoms with Crippen LogP contribution in [-0.2, 0) is 6.54 Å². The smallest absolute Gasteiger partial charge is 0.184 e. The molecule has 0 fully saturated rings. The predicted molar refractivity (Wildman–Crippen MR) is 67.1 cm³/mol. The third kappa shape index (κ3) is 2.86. The van der Waals surface area contributed by atoms with Gasteiger partial charge in [0.15, 0.2) is 5.11 Å². The van der Waals surface area contributed by atoms with Gasteiger partial charge in [0.25, 0.3) is 0 Å². The van der Waals surface area contributed by atoms with Gasteiger partial charge in [-0.2, -0.15) is 5.10 Å². The predicted octanol–water partition coefficient (Wildman–Crippen LogP) is 0.330. The summed E-state index contributed by atoms with van der Waals surface area (Å²) in [4.78, 5) is 0. The second-order valence-electron chi connectivity index (χ2n) is 3.17. The van der Waals surface area contributed by atoms with Crippen LogP contribution < -0.4 is 11.2 Å². The lowest BCUT2D eigenvalue weighted by Gasteiger charge is -2.00. The molecule has 1 aromatic heterocycles. The second-order valence-corrected chi connectivity index (χ2v) is 3.61. The van der Waals surface area contributed by atoms with Crippen LogP contribution in [0, 0.1) is 6.92 Å². The Morgan fingerprint density at radius 2 is 2.44 bits per heavy atom. The first-order chi connectivity index (χ1) is 7.56. The number of aromatic nitrogens is 3. The van der Waals surface area contributed by atoms with Crippen molar-refractivity contribution in [3.8, 4) is 0 Å². The fourth-order valence-corrected chi connectivity index (χ4v) is 1.23. The molecule has 0 atom stereocenters. The molecule has 0 bridgehead atoms. The Bertz CT molecular complexity index is 433. The van der Waals surface area contributed by atoms with Crippen LogP contribution >= 0.6 is 12.2 Å². The Morgan fingerprint density at radius 3 is 3.00 bits per heavy atom. The van der Waals surface area contributed by atoms with Crippen molar-refractivity contribution in [2.24, 2.45) is 10.8 Å². The van der Waals surface area contributed by atoms with Gasteiger partial charge in [0.05, 0.1) is 18.0 Å². The van der Waals surface area contributed by atoms with Gasteiger partial charge in [-0.15, -0.1) is 11.7 Å². The standard InChI is InChI=1S/C9H14N6S/c1-4-5-15-7(3)8(12-14-15)6(2)11-13-9(10)16/h4H,1,5H2,2-3H3,(H3,10,13,16). The molecule has 0 aliphatic heterocycles. The molecule has 7 heteroatoms. The van der Waals surface area contributed by atoms with E-state index in [1.165, 1.54) is 0 Å². The fraction of sp³-hybridized carbons (Fsp3) is 0.333. The number of thiocarbonyl (C=S) groups is 1. The number of hydrazone groups is 1. The zero-order chi connectivity index (χ0) is 12.1.